The first-order chi connectivity index (χ1) is 12.7. The van der Waals surface area contributed by atoms with Crippen molar-refractivity contribution in [1.29, 1.82) is 0 Å². The van der Waals surface area contributed by atoms with Crippen LogP contribution in [0.25, 0.3) is 22.3 Å². The van der Waals surface area contributed by atoms with Gasteiger partial charge in [-0.05, 0) is 38.1 Å². The Hall–Kier alpha value is -2.50. The summed E-state index contributed by atoms with van der Waals surface area (Å²) in [6, 6.07) is 17.1. The second-order valence-electron chi connectivity index (χ2n) is 6.90. The van der Waals surface area contributed by atoms with Crippen LogP contribution in [0.2, 0.25) is 0 Å². The summed E-state index contributed by atoms with van der Waals surface area (Å²) in [5, 5.41) is 11.2. The number of hydrogen-bond acceptors (Lipinski definition) is 4. The molecule has 1 aromatic heterocycles. The summed E-state index contributed by atoms with van der Waals surface area (Å²) >= 11 is 0. The predicted octanol–water partition coefficient (Wildman–Crippen LogP) is 2.52. The number of para-hydroxylation sites is 1. The number of likely N-dealkylation sites (tertiary alicyclic amines) is 1. The molecule has 0 bridgehead atoms. The molecule has 2 heterocycles. The van der Waals surface area contributed by atoms with Gasteiger partial charge in [-0.3, -0.25) is 9.36 Å². The van der Waals surface area contributed by atoms with E-state index in [1.54, 1.807) is 10.6 Å². The van der Waals surface area contributed by atoms with Crippen LogP contribution in [-0.4, -0.2) is 45.3 Å². The standard InChI is InChI=1S/C21H23N3O2/c25-17(14-23-12-6-7-13-23)15-24-20(16-8-2-1-3-9-16)22-19-11-5-4-10-18(19)21(24)26/h1-5,8-11,17,25H,6-7,12-15H2. The number of nitrogens with zero attached hydrogens (tertiary/aromatic N) is 3. The molecule has 0 aliphatic carbocycles. The number of aromatic nitrogens is 2. The van der Waals surface area contributed by atoms with Crippen LogP contribution in [0.1, 0.15) is 12.8 Å². The van der Waals surface area contributed by atoms with Crippen molar-refractivity contribution in [3.63, 3.8) is 0 Å². The van der Waals surface area contributed by atoms with Crippen molar-refractivity contribution in [3.05, 3.63) is 65.0 Å². The van der Waals surface area contributed by atoms with Gasteiger partial charge in [0.15, 0.2) is 0 Å². The van der Waals surface area contributed by atoms with Crippen molar-refractivity contribution in [2.45, 2.75) is 25.5 Å². The Labute approximate surface area is 152 Å². The third kappa shape index (κ3) is 3.41. The van der Waals surface area contributed by atoms with Crippen LogP contribution < -0.4 is 5.56 Å². The van der Waals surface area contributed by atoms with Gasteiger partial charge in [-0.2, -0.15) is 0 Å². The normalized spacial score (nSPS) is 16.2. The van der Waals surface area contributed by atoms with E-state index in [2.05, 4.69) is 4.90 Å². The molecule has 1 saturated heterocycles. The van der Waals surface area contributed by atoms with Crippen LogP contribution in [0.5, 0.6) is 0 Å². The van der Waals surface area contributed by atoms with Gasteiger partial charge in [0.2, 0.25) is 0 Å². The minimum Gasteiger partial charge on any atom is -0.390 e. The number of rotatable bonds is 5. The fourth-order valence-corrected chi connectivity index (χ4v) is 3.68. The van der Waals surface area contributed by atoms with Gasteiger partial charge in [-0.15, -0.1) is 0 Å². The molecule has 0 radical (unpaired) electrons. The summed E-state index contributed by atoms with van der Waals surface area (Å²) in [4.78, 5) is 20.1. The molecule has 1 atom stereocenters. The lowest BCUT2D eigenvalue weighted by atomic mass is 10.1. The van der Waals surface area contributed by atoms with Crippen LogP contribution in [0, 0.1) is 0 Å². The van der Waals surface area contributed by atoms with Crippen molar-refractivity contribution < 1.29 is 5.11 Å². The first-order valence-electron chi connectivity index (χ1n) is 9.18. The maximum atomic E-state index is 13.1. The van der Waals surface area contributed by atoms with E-state index >= 15 is 0 Å². The lowest BCUT2D eigenvalue weighted by molar-refractivity contribution is 0.108. The van der Waals surface area contributed by atoms with E-state index in [1.165, 1.54) is 12.8 Å². The second-order valence-corrected chi connectivity index (χ2v) is 6.90. The summed E-state index contributed by atoms with van der Waals surface area (Å²) in [5.74, 6) is 0.606. The highest BCUT2D eigenvalue weighted by molar-refractivity contribution is 5.79. The molecule has 134 valence electrons. The first kappa shape index (κ1) is 16.9. The fraction of sp³-hybridized carbons (Fsp3) is 0.333. The van der Waals surface area contributed by atoms with Gasteiger partial charge >= 0.3 is 0 Å². The highest BCUT2D eigenvalue weighted by Crippen LogP contribution is 2.19. The van der Waals surface area contributed by atoms with Gasteiger partial charge in [0.05, 0.1) is 23.6 Å². The van der Waals surface area contributed by atoms with Gasteiger partial charge in [-0.1, -0.05) is 42.5 Å². The number of aliphatic hydroxyl groups excluding tert-OH is 1. The molecule has 0 amide bonds. The maximum absolute atomic E-state index is 13.1. The average molecular weight is 349 g/mol. The molecule has 1 fully saturated rings. The zero-order valence-electron chi connectivity index (χ0n) is 14.7. The third-order valence-corrected chi connectivity index (χ3v) is 4.95. The molecule has 3 aromatic rings. The monoisotopic (exact) mass is 349 g/mol. The molecular weight excluding hydrogens is 326 g/mol. The van der Waals surface area contributed by atoms with Crippen LogP contribution >= 0.6 is 0 Å². The van der Waals surface area contributed by atoms with Gasteiger partial charge in [0.25, 0.3) is 5.56 Å². The molecule has 5 nitrogen and oxygen atoms in total. The zero-order valence-corrected chi connectivity index (χ0v) is 14.7. The van der Waals surface area contributed by atoms with Crippen molar-refractivity contribution in [3.8, 4) is 11.4 Å². The SMILES string of the molecule is O=c1c2ccccc2nc(-c2ccccc2)n1CC(O)CN1CCCC1. The van der Waals surface area contributed by atoms with Crippen molar-refractivity contribution >= 4 is 10.9 Å². The highest BCUT2D eigenvalue weighted by atomic mass is 16.3. The number of β-amino-alcohol motifs (C(OH)–C–C–N with tert-alkyl or cyclic N) is 1. The van der Waals surface area contributed by atoms with E-state index in [0.29, 0.717) is 23.3 Å². The minimum absolute atomic E-state index is 0.102. The minimum atomic E-state index is -0.601. The summed E-state index contributed by atoms with van der Waals surface area (Å²) < 4.78 is 1.62. The number of aliphatic hydroxyl groups is 1. The Morgan fingerprint density at radius 2 is 1.65 bits per heavy atom. The molecule has 2 aromatic carbocycles. The van der Waals surface area contributed by atoms with E-state index in [9.17, 15) is 9.90 Å². The van der Waals surface area contributed by atoms with E-state index in [1.807, 2.05) is 48.5 Å². The highest BCUT2D eigenvalue weighted by Gasteiger charge is 2.19. The lowest BCUT2D eigenvalue weighted by Crippen LogP contribution is -2.36. The van der Waals surface area contributed by atoms with Crippen LogP contribution in [0.3, 0.4) is 0 Å². The van der Waals surface area contributed by atoms with Crippen LogP contribution in [0.15, 0.2) is 59.4 Å². The molecule has 26 heavy (non-hydrogen) atoms. The van der Waals surface area contributed by atoms with Gasteiger partial charge in [-0.25, -0.2) is 4.98 Å². The second kappa shape index (κ2) is 7.40. The average Bonchev–Trinajstić information content (AvgIpc) is 3.17. The molecule has 0 spiro atoms. The number of fused-ring (bicyclic) bond motifs is 1. The molecule has 1 unspecified atom stereocenters. The predicted molar refractivity (Wildman–Crippen MR) is 103 cm³/mol. The quantitative estimate of drug-likeness (QED) is 0.769. The maximum Gasteiger partial charge on any atom is 0.261 e. The molecule has 5 heteroatoms. The Morgan fingerprint density at radius 3 is 2.42 bits per heavy atom. The fourth-order valence-electron chi connectivity index (χ4n) is 3.68. The molecule has 4 rings (SSSR count). The van der Waals surface area contributed by atoms with Crippen molar-refractivity contribution in [2.24, 2.45) is 0 Å². The zero-order chi connectivity index (χ0) is 17.9. The molecule has 1 aliphatic rings. The van der Waals surface area contributed by atoms with E-state index in [-0.39, 0.29) is 12.1 Å². The van der Waals surface area contributed by atoms with Gasteiger partial charge < -0.3 is 10.0 Å². The molecular formula is C21H23N3O2. The molecule has 1 aliphatic heterocycles. The van der Waals surface area contributed by atoms with Gasteiger partial charge in [0, 0.05) is 12.1 Å². The van der Waals surface area contributed by atoms with Crippen molar-refractivity contribution in [1.82, 2.24) is 14.5 Å². The number of hydrogen-bond donors (Lipinski definition) is 1. The summed E-state index contributed by atoms with van der Waals surface area (Å²) in [6.07, 6.45) is 1.76. The summed E-state index contributed by atoms with van der Waals surface area (Å²) in [7, 11) is 0. The summed E-state index contributed by atoms with van der Waals surface area (Å²) in [5.41, 5.74) is 1.46. The van der Waals surface area contributed by atoms with Crippen molar-refractivity contribution in [2.75, 3.05) is 19.6 Å². The Kier molecular flexibility index (Phi) is 4.82. The lowest BCUT2D eigenvalue weighted by Gasteiger charge is -2.21. The Balaban J connectivity index is 1.75. The Bertz CT molecular complexity index is 946. The van der Waals surface area contributed by atoms with E-state index in [0.717, 1.165) is 18.7 Å². The largest absolute Gasteiger partial charge is 0.390 e. The van der Waals surface area contributed by atoms with E-state index < -0.39 is 6.10 Å². The number of benzene rings is 2. The molecule has 0 saturated carbocycles. The van der Waals surface area contributed by atoms with Gasteiger partial charge in [0.1, 0.15) is 5.82 Å². The Morgan fingerprint density at radius 1 is 0.962 bits per heavy atom. The topological polar surface area (TPSA) is 58.4 Å². The summed E-state index contributed by atoms with van der Waals surface area (Å²) in [6.45, 7) is 2.88. The molecule has 1 N–H and O–H groups in total. The van der Waals surface area contributed by atoms with Crippen LogP contribution in [-0.2, 0) is 6.54 Å². The third-order valence-electron chi connectivity index (χ3n) is 4.95. The van der Waals surface area contributed by atoms with Crippen LogP contribution in [0.4, 0.5) is 0 Å². The first-order valence-corrected chi connectivity index (χ1v) is 9.18. The van der Waals surface area contributed by atoms with E-state index in [4.69, 9.17) is 4.98 Å². The smallest absolute Gasteiger partial charge is 0.261 e.